The van der Waals surface area contributed by atoms with Crippen molar-refractivity contribution in [3.8, 4) is 0 Å². The Bertz CT molecular complexity index is 743. The molecule has 0 N–H and O–H groups in total. The van der Waals surface area contributed by atoms with E-state index in [4.69, 9.17) is 0 Å². The average molecular weight is 331 g/mol. The molecule has 2 aliphatic rings. The van der Waals surface area contributed by atoms with Gasteiger partial charge in [-0.2, -0.15) is 5.10 Å². The molecule has 1 saturated heterocycles. The van der Waals surface area contributed by atoms with Crippen molar-refractivity contribution in [3.63, 3.8) is 0 Å². The van der Waals surface area contributed by atoms with Gasteiger partial charge in [-0.15, -0.1) is 10.2 Å². The quantitative estimate of drug-likeness (QED) is 0.859. The molecule has 122 valence electrons. The van der Waals surface area contributed by atoms with Crippen LogP contribution in [0, 0.1) is 12.8 Å². The van der Waals surface area contributed by atoms with Gasteiger partial charge in [-0.05, 0) is 44.6 Å². The van der Waals surface area contributed by atoms with Gasteiger partial charge in [0.05, 0.1) is 5.69 Å². The molecular formula is C16H21N5OS. The summed E-state index contributed by atoms with van der Waals surface area (Å²) >= 11 is 1.76. The first-order valence-corrected chi connectivity index (χ1v) is 9.14. The van der Waals surface area contributed by atoms with Crippen molar-refractivity contribution in [3.05, 3.63) is 33.2 Å². The van der Waals surface area contributed by atoms with Crippen LogP contribution in [-0.4, -0.2) is 33.1 Å². The van der Waals surface area contributed by atoms with Crippen LogP contribution in [0.4, 0.5) is 5.13 Å². The zero-order valence-electron chi connectivity index (χ0n) is 13.3. The molecule has 0 bridgehead atoms. The Labute approximate surface area is 139 Å². The minimum absolute atomic E-state index is 0.00349. The molecule has 1 saturated carbocycles. The molecule has 7 heteroatoms. The monoisotopic (exact) mass is 331 g/mol. The fraction of sp³-hybridized carbons (Fsp3) is 0.625. The molecule has 0 amide bonds. The van der Waals surface area contributed by atoms with Gasteiger partial charge >= 0.3 is 0 Å². The second-order valence-corrected chi connectivity index (χ2v) is 7.61. The van der Waals surface area contributed by atoms with E-state index in [1.807, 2.05) is 6.92 Å². The Morgan fingerprint density at radius 2 is 1.96 bits per heavy atom. The predicted molar refractivity (Wildman–Crippen MR) is 90.1 cm³/mol. The van der Waals surface area contributed by atoms with Crippen LogP contribution in [0.15, 0.2) is 16.9 Å². The number of aryl methyl sites for hydroxylation is 1. The summed E-state index contributed by atoms with van der Waals surface area (Å²) in [7, 11) is 0. The van der Waals surface area contributed by atoms with E-state index in [1.165, 1.54) is 17.8 Å². The standard InChI is InChI=1S/C16H21N5OS/c1-11-2-5-14(22)21(19-11)10-12-6-8-20(9-7-12)16-18-17-15(23-16)13-3-4-13/h2,5,12-13H,3-4,6-10H2,1H3. The minimum atomic E-state index is -0.00349. The zero-order chi connectivity index (χ0) is 15.8. The SMILES string of the molecule is Cc1ccc(=O)n(CC2CCN(c3nnc(C4CC4)s3)CC2)n1. The lowest BCUT2D eigenvalue weighted by atomic mass is 9.97. The molecule has 2 aromatic rings. The third kappa shape index (κ3) is 3.29. The van der Waals surface area contributed by atoms with Crippen LogP contribution >= 0.6 is 11.3 Å². The zero-order valence-corrected chi connectivity index (χ0v) is 14.1. The molecule has 0 aromatic carbocycles. The number of rotatable bonds is 4. The van der Waals surface area contributed by atoms with Crippen LogP contribution in [0.3, 0.4) is 0 Å². The number of nitrogens with zero attached hydrogens (tertiary/aromatic N) is 5. The van der Waals surface area contributed by atoms with Crippen LogP contribution in [0.1, 0.15) is 42.3 Å². The highest BCUT2D eigenvalue weighted by Gasteiger charge is 2.29. The highest BCUT2D eigenvalue weighted by molar-refractivity contribution is 7.15. The third-order valence-electron chi connectivity index (χ3n) is 4.67. The van der Waals surface area contributed by atoms with Gasteiger partial charge in [0.1, 0.15) is 5.01 Å². The van der Waals surface area contributed by atoms with Crippen LogP contribution in [0.2, 0.25) is 0 Å². The Morgan fingerprint density at radius 3 is 2.70 bits per heavy atom. The average Bonchev–Trinajstić information content (AvgIpc) is 3.29. The van der Waals surface area contributed by atoms with Crippen molar-refractivity contribution in [2.45, 2.75) is 45.1 Å². The topological polar surface area (TPSA) is 63.9 Å². The van der Waals surface area contributed by atoms with Gasteiger partial charge in [0.25, 0.3) is 5.56 Å². The molecule has 2 aromatic heterocycles. The van der Waals surface area contributed by atoms with Crippen molar-refractivity contribution in [2.24, 2.45) is 5.92 Å². The van der Waals surface area contributed by atoms with Crippen LogP contribution in [-0.2, 0) is 6.54 Å². The molecule has 6 nitrogen and oxygen atoms in total. The first kappa shape index (κ1) is 14.8. The summed E-state index contributed by atoms with van der Waals surface area (Å²) in [5.41, 5.74) is 0.889. The van der Waals surface area contributed by atoms with Crippen molar-refractivity contribution >= 4 is 16.5 Å². The number of hydrogen-bond acceptors (Lipinski definition) is 6. The minimum Gasteiger partial charge on any atom is -0.347 e. The summed E-state index contributed by atoms with van der Waals surface area (Å²) in [6.07, 6.45) is 4.69. The van der Waals surface area contributed by atoms with Crippen LogP contribution in [0.25, 0.3) is 0 Å². The van der Waals surface area contributed by atoms with E-state index in [1.54, 1.807) is 28.2 Å². The fourth-order valence-corrected chi connectivity index (χ4v) is 4.15. The Hall–Kier alpha value is -1.76. The highest BCUT2D eigenvalue weighted by atomic mass is 32.1. The maximum absolute atomic E-state index is 11.9. The molecule has 1 aliphatic heterocycles. The lowest BCUT2D eigenvalue weighted by molar-refractivity contribution is 0.334. The van der Waals surface area contributed by atoms with E-state index in [0.717, 1.165) is 43.3 Å². The third-order valence-corrected chi connectivity index (χ3v) is 5.82. The number of hydrogen-bond donors (Lipinski definition) is 0. The molecule has 2 fully saturated rings. The lowest BCUT2D eigenvalue weighted by Crippen LogP contribution is -2.36. The summed E-state index contributed by atoms with van der Waals surface area (Å²) in [5, 5.41) is 15.3. The summed E-state index contributed by atoms with van der Waals surface area (Å²) in [5.74, 6) is 1.19. The highest BCUT2D eigenvalue weighted by Crippen LogP contribution is 2.42. The predicted octanol–water partition coefficient (Wildman–Crippen LogP) is 2.20. The molecule has 3 heterocycles. The molecular weight excluding hydrogens is 310 g/mol. The summed E-state index contributed by atoms with van der Waals surface area (Å²) in [4.78, 5) is 14.2. The van der Waals surface area contributed by atoms with Gasteiger partial charge in [-0.1, -0.05) is 11.3 Å². The van der Waals surface area contributed by atoms with Gasteiger partial charge in [-0.25, -0.2) is 4.68 Å². The molecule has 4 rings (SSSR count). The van der Waals surface area contributed by atoms with Crippen molar-refractivity contribution < 1.29 is 0 Å². The fourth-order valence-electron chi connectivity index (χ4n) is 3.08. The molecule has 0 spiro atoms. The van der Waals surface area contributed by atoms with Gasteiger partial charge < -0.3 is 4.90 Å². The smallest absolute Gasteiger partial charge is 0.266 e. The van der Waals surface area contributed by atoms with Gasteiger partial charge in [0, 0.05) is 31.6 Å². The molecule has 0 unspecified atom stereocenters. The maximum Gasteiger partial charge on any atom is 0.266 e. The Morgan fingerprint density at radius 1 is 1.17 bits per heavy atom. The second kappa shape index (κ2) is 6.03. The second-order valence-electron chi connectivity index (χ2n) is 6.62. The molecule has 0 radical (unpaired) electrons. The molecule has 23 heavy (non-hydrogen) atoms. The van der Waals surface area contributed by atoms with E-state index >= 15 is 0 Å². The normalized spacial score (nSPS) is 19.3. The van der Waals surface area contributed by atoms with Gasteiger partial charge in [0.15, 0.2) is 0 Å². The van der Waals surface area contributed by atoms with E-state index in [9.17, 15) is 4.79 Å². The van der Waals surface area contributed by atoms with Crippen molar-refractivity contribution in [1.29, 1.82) is 0 Å². The first-order chi connectivity index (χ1) is 11.2. The Balaban J connectivity index is 1.36. The number of anilines is 1. The lowest BCUT2D eigenvalue weighted by Gasteiger charge is -2.31. The van der Waals surface area contributed by atoms with Crippen molar-refractivity contribution in [1.82, 2.24) is 20.0 Å². The molecule has 0 atom stereocenters. The summed E-state index contributed by atoms with van der Waals surface area (Å²) in [6, 6.07) is 3.38. The van der Waals surface area contributed by atoms with E-state index in [0.29, 0.717) is 11.8 Å². The summed E-state index contributed by atoms with van der Waals surface area (Å²) < 4.78 is 1.62. The van der Waals surface area contributed by atoms with E-state index in [2.05, 4.69) is 20.2 Å². The first-order valence-electron chi connectivity index (χ1n) is 8.32. The van der Waals surface area contributed by atoms with Gasteiger partial charge in [-0.3, -0.25) is 4.79 Å². The van der Waals surface area contributed by atoms with E-state index in [-0.39, 0.29) is 5.56 Å². The number of aromatic nitrogens is 4. The molecule has 1 aliphatic carbocycles. The maximum atomic E-state index is 11.9. The van der Waals surface area contributed by atoms with Crippen molar-refractivity contribution in [2.75, 3.05) is 18.0 Å². The number of piperidine rings is 1. The van der Waals surface area contributed by atoms with Gasteiger partial charge in [0.2, 0.25) is 5.13 Å². The van der Waals surface area contributed by atoms with Crippen LogP contribution < -0.4 is 10.5 Å². The van der Waals surface area contributed by atoms with E-state index < -0.39 is 0 Å². The van der Waals surface area contributed by atoms with Crippen LogP contribution in [0.5, 0.6) is 0 Å². The Kier molecular flexibility index (Phi) is 3.88. The largest absolute Gasteiger partial charge is 0.347 e. The summed E-state index contributed by atoms with van der Waals surface area (Å²) in [6.45, 7) is 4.62.